The smallest absolute Gasteiger partial charge is 0.311 e. The van der Waals surface area contributed by atoms with Gasteiger partial charge in [0.25, 0.3) is 5.56 Å². The first kappa shape index (κ1) is 14.8. The van der Waals surface area contributed by atoms with E-state index in [0.29, 0.717) is 5.69 Å². The Morgan fingerprint density at radius 3 is 2.65 bits per heavy atom. The van der Waals surface area contributed by atoms with E-state index in [1.807, 2.05) is 31.2 Å². The normalized spacial score (nSPS) is 16.4. The van der Waals surface area contributed by atoms with Crippen LogP contribution in [0.3, 0.4) is 0 Å². The van der Waals surface area contributed by atoms with Gasteiger partial charge in [-0.05, 0) is 19.1 Å². The quantitative estimate of drug-likeness (QED) is 0.677. The number of aliphatic carboxylic acids is 1. The van der Waals surface area contributed by atoms with E-state index in [9.17, 15) is 19.5 Å². The highest BCUT2D eigenvalue weighted by molar-refractivity contribution is 5.98. The van der Waals surface area contributed by atoms with Gasteiger partial charge < -0.3 is 15.7 Å². The van der Waals surface area contributed by atoms with Crippen molar-refractivity contribution in [3.05, 3.63) is 45.7 Å². The number of nitrogens with one attached hydrogen (secondary N) is 3. The van der Waals surface area contributed by atoms with Crippen LogP contribution in [0, 0.1) is 6.92 Å². The van der Waals surface area contributed by atoms with Crippen molar-refractivity contribution in [2.45, 2.75) is 19.3 Å². The topological polar surface area (TPSA) is 124 Å². The summed E-state index contributed by atoms with van der Waals surface area (Å²) in [7, 11) is 0. The van der Waals surface area contributed by atoms with E-state index < -0.39 is 23.4 Å². The summed E-state index contributed by atoms with van der Waals surface area (Å²) in [6, 6.07) is 7.41. The first-order valence-corrected chi connectivity index (χ1v) is 6.94. The summed E-state index contributed by atoms with van der Waals surface area (Å²) < 4.78 is 0. The number of H-pyrrole nitrogens is 1. The molecule has 0 unspecified atom stereocenters. The van der Waals surface area contributed by atoms with Gasteiger partial charge in [-0.3, -0.25) is 19.4 Å². The predicted molar refractivity (Wildman–Crippen MR) is 82.9 cm³/mol. The van der Waals surface area contributed by atoms with Crippen molar-refractivity contribution in [3.63, 3.8) is 0 Å². The Hall–Kier alpha value is -3.16. The Bertz CT molecular complexity index is 842. The maximum Gasteiger partial charge on any atom is 0.311 e. The van der Waals surface area contributed by atoms with Crippen molar-refractivity contribution in [1.29, 1.82) is 0 Å². The standard InChI is InChI=1S/C15H14N4O4/c1-7-2-4-8(5-3-7)16-15-18-12-11(13(21)19-15)9(14(22)23)6-10(20)17-12/h2-5,9H,6H2,1H3,(H,22,23)(H3,16,17,18,19,20,21)/t9-/m1/s1. The Labute approximate surface area is 130 Å². The fourth-order valence-corrected chi connectivity index (χ4v) is 2.42. The van der Waals surface area contributed by atoms with Crippen molar-refractivity contribution in [2.75, 3.05) is 10.6 Å². The van der Waals surface area contributed by atoms with Gasteiger partial charge >= 0.3 is 5.97 Å². The van der Waals surface area contributed by atoms with E-state index in [-0.39, 0.29) is 23.8 Å². The molecule has 8 heteroatoms. The van der Waals surface area contributed by atoms with Crippen molar-refractivity contribution in [2.24, 2.45) is 0 Å². The van der Waals surface area contributed by atoms with Crippen LogP contribution >= 0.6 is 0 Å². The second kappa shape index (κ2) is 5.56. The lowest BCUT2D eigenvalue weighted by atomic mass is 9.94. The number of aromatic amines is 1. The summed E-state index contributed by atoms with van der Waals surface area (Å²) in [5, 5.41) is 14.5. The molecule has 1 amide bonds. The monoisotopic (exact) mass is 314 g/mol. The Balaban J connectivity index is 1.99. The van der Waals surface area contributed by atoms with Gasteiger partial charge in [0, 0.05) is 12.1 Å². The molecule has 0 spiro atoms. The summed E-state index contributed by atoms with van der Waals surface area (Å²) in [4.78, 5) is 41.7. The molecule has 1 aliphatic rings. The zero-order valence-electron chi connectivity index (χ0n) is 12.2. The molecule has 118 valence electrons. The highest BCUT2D eigenvalue weighted by atomic mass is 16.4. The van der Waals surface area contributed by atoms with Gasteiger partial charge in [-0.25, -0.2) is 0 Å². The molecule has 0 fully saturated rings. The second-order valence-corrected chi connectivity index (χ2v) is 5.31. The van der Waals surface area contributed by atoms with Crippen LogP contribution in [0.15, 0.2) is 29.1 Å². The number of anilines is 3. The molecule has 23 heavy (non-hydrogen) atoms. The number of benzene rings is 1. The Kier molecular flexibility index (Phi) is 3.57. The molecule has 1 aromatic heterocycles. The summed E-state index contributed by atoms with van der Waals surface area (Å²) in [5.74, 6) is -2.80. The molecule has 2 aromatic rings. The Morgan fingerprint density at radius 1 is 1.30 bits per heavy atom. The average molecular weight is 314 g/mol. The molecule has 0 radical (unpaired) electrons. The lowest BCUT2D eigenvalue weighted by molar-refractivity contribution is -0.140. The van der Waals surface area contributed by atoms with Gasteiger partial charge in [-0.1, -0.05) is 17.7 Å². The number of nitrogens with zero attached hydrogens (tertiary/aromatic N) is 1. The minimum atomic E-state index is -1.23. The molecule has 1 aliphatic heterocycles. The van der Waals surface area contributed by atoms with E-state index in [2.05, 4.69) is 20.6 Å². The number of amides is 1. The number of hydrogen-bond acceptors (Lipinski definition) is 5. The van der Waals surface area contributed by atoms with Gasteiger partial charge in [0.2, 0.25) is 11.9 Å². The summed E-state index contributed by atoms with van der Waals surface area (Å²) in [5.41, 5.74) is 1.16. The number of carbonyl (C=O) groups is 2. The van der Waals surface area contributed by atoms with E-state index in [1.54, 1.807) is 0 Å². The van der Waals surface area contributed by atoms with Gasteiger partial charge in [-0.15, -0.1) is 0 Å². The van der Waals surface area contributed by atoms with Crippen molar-refractivity contribution in [3.8, 4) is 0 Å². The van der Waals surface area contributed by atoms with E-state index in [0.717, 1.165) is 5.56 Å². The Morgan fingerprint density at radius 2 is 2.00 bits per heavy atom. The highest BCUT2D eigenvalue weighted by Gasteiger charge is 2.34. The van der Waals surface area contributed by atoms with Crippen LogP contribution in [0.1, 0.15) is 23.5 Å². The maximum atomic E-state index is 12.2. The largest absolute Gasteiger partial charge is 0.481 e. The summed E-state index contributed by atoms with van der Waals surface area (Å²) in [6.07, 6.45) is -0.280. The minimum Gasteiger partial charge on any atom is -0.481 e. The van der Waals surface area contributed by atoms with Crippen molar-refractivity contribution >= 4 is 29.3 Å². The molecule has 8 nitrogen and oxygen atoms in total. The molecule has 1 aromatic carbocycles. The first-order valence-electron chi connectivity index (χ1n) is 6.94. The zero-order chi connectivity index (χ0) is 16.6. The lowest BCUT2D eigenvalue weighted by Gasteiger charge is -2.21. The molecule has 4 N–H and O–H groups in total. The first-order chi connectivity index (χ1) is 10.9. The third-order valence-corrected chi connectivity index (χ3v) is 3.56. The van der Waals surface area contributed by atoms with Crippen molar-refractivity contribution < 1.29 is 14.7 Å². The number of carboxylic acid groups (broad SMARTS) is 1. The third-order valence-electron chi connectivity index (χ3n) is 3.56. The molecule has 2 heterocycles. The van der Waals surface area contributed by atoms with Gasteiger partial charge in [0.05, 0.1) is 11.5 Å². The number of fused-ring (bicyclic) bond motifs is 1. The van der Waals surface area contributed by atoms with E-state index >= 15 is 0 Å². The molecule has 3 rings (SSSR count). The van der Waals surface area contributed by atoms with Crippen LogP contribution in [0.25, 0.3) is 0 Å². The zero-order valence-corrected chi connectivity index (χ0v) is 12.2. The molecule has 1 atom stereocenters. The molecule has 0 aliphatic carbocycles. The van der Waals surface area contributed by atoms with E-state index in [4.69, 9.17) is 0 Å². The molecular weight excluding hydrogens is 300 g/mol. The molecular formula is C15H14N4O4. The van der Waals surface area contributed by atoms with E-state index in [1.165, 1.54) is 0 Å². The number of aryl methyl sites for hydroxylation is 1. The predicted octanol–water partition coefficient (Wildman–Crippen LogP) is 1.33. The van der Waals surface area contributed by atoms with Crippen LogP contribution in [-0.2, 0) is 9.59 Å². The van der Waals surface area contributed by atoms with Crippen LogP contribution in [0.4, 0.5) is 17.5 Å². The van der Waals surface area contributed by atoms with Crippen molar-refractivity contribution in [1.82, 2.24) is 9.97 Å². The number of aromatic nitrogens is 2. The van der Waals surface area contributed by atoms with Crippen LogP contribution < -0.4 is 16.2 Å². The molecule has 0 saturated heterocycles. The summed E-state index contributed by atoms with van der Waals surface area (Å²) in [6.45, 7) is 1.95. The molecule has 0 saturated carbocycles. The van der Waals surface area contributed by atoms with Gasteiger partial charge in [0.15, 0.2) is 0 Å². The van der Waals surface area contributed by atoms with Gasteiger partial charge in [-0.2, -0.15) is 4.98 Å². The van der Waals surface area contributed by atoms with Crippen LogP contribution in [-0.4, -0.2) is 27.0 Å². The summed E-state index contributed by atoms with van der Waals surface area (Å²) >= 11 is 0. The SMILES string of the molecule is Cc1ccc(Nc2nc3c(c(=O)[nH]2)[C@H](C(=O)O)CC(=O)N3)cc1. The molecule has 0 bridgehead atoms. The van der Waals surface area contributed by atoms with Gasteiger partial charge in [0.1, 0.15) is 5.82 Å². The van der Waals surface area contributed by atoms with Crippen LogP contribution in [0.2, 0.25) is 0 Å². The fraction of sp³-hybridized carbons (Fsp3) is 0.200. The maximum absolute atomic E-state index is 12.2. The number of carbonyl (C=O) groups excluding carboxylic acids is 1. The average Bonchev–Trinajstić information content (AvgIpc) is 2.48. The lowest BCUT2D eigenvalue weighted by Crippen LogP contribution is -2.34. The minimum absolute atomic E-state index is 0.0213. The highest BCUT2D eigenvalue weighted by Crippen LogP contribution is 2.28. The van der Waals surface area contributed by atoms with Crippen LogP contribution in [0.5, 0.6) is 0 Å². The number of hydrogen-bond donors (Lipinski definition) is 4. The fourth-order valence-electron chi connectivity index (χ4n) is 2.42. The second-order valence-electron chi connectivity index (χ2n) is 5.31. The number of rotatable bonds is 3. The third kappa shape index (κ3) is 2.91. The number of carboxylic acids is 1.